The summed E-state index contributed by atoms with van der Waals surface area (Å²) in [6.45, 7) is 6.04. The first-order valence-corrected chi connectivity index (χ1v) is 9.59. The van der Waals surface area contributed by atoms with Crippen LogP contribution in [0, 0.1) is 13.8 Å². The minimum absolute atomic E-state index is 0.0528. The van der Waals surface area contributed by atoms with Crippen LogP contribution in [0.25, 0.3) is 0 Å². The van der Waals surface area contributed by atoms with Crippen molar-refractivity contribution >= 4 is 23.4 Å². The SMILES string of the molecule is CCCc1cc(=O)n2c(n1)SCC2CC(=O)Nc1cc(C)ccc1C. The van der Waals surface area contributed by atoms with Gasteiger partial charge in [0, 0.05) is 29.6 Å². The zero-order chi connectivity index (χ0) is 18.0. The molecule has 0 bridgehead atoms. The van der Waals surface area contributed by atoms with E-state index in [-0.39, 0.29) is 23.9 Å². The molecule has 0 saturated carbocycles. The zero-order valence-electron chi connectivity index (χ0n) is 14.8. The molecule has 2 aromatic rings. The van der Waals surface area contributed by atoms with Crippen molar-refractivity contribution in [3.63, 3.8) is 0 Å². The Morgan fingerprint density at radius 2 is 2.16 bits per heavy atom. The average Bonchev–Trinajstić information content (AvgIpc) is 2.94. The molecule has 1 aliphatic heterocycles. The predicted molar refractivity (Wildman–Crippen MR) is 101 cm³/mol. The van der Waals surface area contributed by atoms with Crippen LogP contribution in [0.3, 0.4) is 0 Å². The van der Waals surface area contributed by atoms with Crippen molar-refractivity contribution in [2.75, 3.05) is 11.1 Å². The minimum atomic E-state index is -0.138. The molecule has 0 saturated heterocycles. The van der Waals surface area contributed by atoms with Gasteiger partial charge in [0.25, 0.3) is 5.56 Å². The van der Waals surface area contributed by atoms with E-state index in [0.29, 0.717) is 5.75 Å². The Morgan fingerprint density at radius 1 is 1.36 bits per heavy atom. The predicted octanol–water partition coefficient (Wildman–Crippen LogP) is 3.49. The number of carbonyl (C=O) groups excluding carboxylic acids is 1. The summed E-state index contributed by atoms with van der Waals surface area (Å²) >= 11 is 1.56. The fraction of sp³-hybridized carbons (Fsp3) is 0.421. The largest absolute Gasteiger partial charge is 0.326 e. The highest BCUT2D eigenvalue weighted by Gasteiger charge is 2.27. The number of amides is 1. The fourth-order valence-electron chi connectivity index (χ4n) is 3.02. The van der Waals surface area contributed by atoms with Gasteiger partial charge in [0.1, 0.15) is 0 Å². The van der Waals surface area contributed by atoms with Crippen molar-refractivity contribution in [1.82, 2.24) is 9.55 Å². The number of anilines is 1. The van der Waals surface area contributed by atoms with E-state index in [1.165, 1.54) is 0 Å². The number of carbonyl (C=O) groups is 1. The van der Waals surface area contributed by atoms with Gasteiger partial charge >= 0.3 is 0 Å². The van der Waals surface area contributed by atoms with Crippen LogP contribution in [0.15, 0.2) is 34.2 Å². The highest BCUT2D eigenvalue weighted by molar-refractivity contribution is 7.99. The average molecular weight is 357 g/mol. The number of rotatable bonds is 5. The smallest absolute Gasteiger partial charge is 0.254 e. The van der Waals surface area contributed by atoms with Crippen LogP contribution in [0.1, 0.15) is 42.6 Å². The van der Waals surface area contributed by atoms with Crippen molar-refractivity contribution in [3.8, 4) is 0 Å². The molecule has 132 valence electrons. The molecule has 3 rings (SSSR count). The Morgan fingerprint density at radius 3 is 2.92 bits per heavy atom. The van der Waals surface area contributed by atoms with Gasteiger partial charge in [0.05, 0.1) is 6.04 Å². The maximum absolute atomic E-state index is 12.5. The Hall–Kier alpha value is -2.08. The van der Waals surface area contributed by atoms with Crippen LogP contribution in [0.5, 0.6) is 0 Å². The second-order valence-electron chi connectivity index (χ2n) is 6.52. The van der Waals surface area contributed by atoms with Crippen LogP contribution in [-0.4, -0.2) is 21.2 Å². The number of hydrogen-bond donors (Lipinski definition) is 1. The van der Waals surface area contributed by atoms with Crippen molar-refractivity contribution in [3.05, 3.63) is 51.4 Å². The van der Waals surface area contributed by atoms with Gasteiger partial charge in [0.15, 0.2) is 5.16 Å². The standard InChI is InChI=1S/C19H23N3O2S/c1-4-5-14-9-18(24)22-15(11-25-19(22)20-14)10-17(23)21-16-8-12(2)6-7-13(16)3/h6-9,15H,4-5,10-11H2,1-3H3,(H,21,23). The molecule has 0 radical (unpaired) electrons. The number of aryl methyl sites for hydroxylation is 3. The van der Waals surface area contributed by atoms with Crippen molar-refractivity contribution in [2.45, 2.75) is 51.2 Å². The molecule has 1 aromatic carbocycles. The first-order chi connectivity index (χ1) is 12.0. The maximum Gasteiger partial charge on any atom is 0.254 e. The first-order valence-electron chi connectivity index (χ1n) is 8.60. The number of benzene rings is 1. The summed E-state index contributed by atoms with van der Waals surface area (Å²) in [6, 6.07) is 7.45. The summed E-state index contributed by atoms with van der Waals surface area (Å²) in [6.07, 6.45) is 2.05. The molecule has 0 spiro atoms. The number of nitrogens with one attached hydrogen (secondary N) is 1. The van der Waals surface area contributed by atoms with E-state index in [1.54, 1.807) is 22.4 Å². The molecule has 1 unspecified atom stereocenters. The van der Waals surface area contributed by atoms with E-state index in [9.17, 15) is 9.59 Å². The molecule has 1 amide bonds. The summed E-state index contributed by atoms with van der Waals surface area (Å²) in [5.74, 6) is 0.634. The summed E-state index contributed by atoms with van der Waals surface area (Å²) in [5, 5.41) is 3.71. The van der Waals surface area contributed by atoms with E-state index in [2.05, 4.69) is 17.2 Å². The third kappa shape index (κ3) is 3.95. The molecular formula is C19H23N3O2S. The van der Waals surface area contributed by atoms with Gasteiger partial charge in [-0.25, -0.2) is 4.98 Å². The Kier molecular flexibility index (Phi) is 5.27. The summed E-state index contributed by atoms with van der Waals surface area (Å²) < 4.78 is 1.67. The first kappa shape index (κ1) is 17.7. The van der Waals surface area contributed by atoms with E-state index in [4.69, 9.17) is 0 Å². The summed E-state index contributed by atoms with van der Waals surface area (Å²) in [5.41, 5.74) is 3.75. The Balaban J connectivity index is 1.74. The van der Waals surface area contributed by atoms with Gasteiger partial charge in [-0.3, -0.25) is 14.2 Å². The quantitative estimate of drug-likeness (QED) is 0.832. The second-order valence-corrected chi connectivity index (χ2v) is 7.51. The van der Waals surface area contributed by atoms with Gasteiger partial charge in [-0.15, -0.1) is 0 Å². The number of fused-ring (bicyclic) bond motifs is 1. The summed E-state index contributed by atoms with van der Waals surface area (Å²) in [4.78, 5) is 29.5. The molecule has 1 N–H and O–H groups in total. The lowest BCUT2D eigenvalue weighted by Crippen LogP contribution is -2.28. The third-order valence-electron chi connectivity index (χ3n) is 4.34. The lowest BCUT2D eigenvalue weighted by Gasteiger charge is -2.14. The van der Waals surface area contributed by atoms with E-state index >= 15 is 0 Å². The highest BCUT2D eigenvalue weighted by Crippen LogP contribution is 2.32. The number of thioether (sulfide) groups is 1. The van der Waals surface area contributed by atoms with Gasteiger partial charge in [-0.1, -0.05) is 37.2 Å². The normalized spacial score (nSPS) is 15.9. The van der Waals surface area contributed by atoms with Crippen LogP contribution in [0.4, 0.5) is 5.69 Å². The van der Waals surface area contributed by atoms with Crippen molar-refractivity contribution in [1.29, 1.82) is 0 Å². The highest BCUT2D eigenvalue weighted by atomic mass is 32.2. The van der Waals surface area contributed by atoms with Crippen molar-refractivity contribution < 1.29 is 4.79 Å². The van der Waals surface area contributed by atoms with Gasteiger partial charge in [-0.05, 0) is 37.5 Å². The number of nitrogens with zero attached hydrogens (tertiary/aromatic N) is 2. The molecule has 5 nitrogen and oxygen atoms in total. The van der Waals surface area contributed by atoms with Gasteiger partial charge in [0.2, 0.25) is 5.91 Å². The van der Waals surface area contributed by atoms with E-state index in [1.807, 2.05) is 32.0 Å². The van der Waals surface area contributed by atoms with Crippen LogP contribution in [-0.2, 0) is 11.2 Å². The number of aromatic nitrogens is 2. The Bertz CT molecular complexity index is 860. The molecule has 0 fully saturated rings. The summed E-state index contributed by atoms with van der Waals surface area (Å²) in [7, 11) is 0. The zero-order valence-corrected chi connectivity index (χ0v) is 15.7. The van der Waals surface area contributed by atoms with Crippen molar-refractivity contribution in [2.24, 2.45) is 0 Å². The van der Waals surface area contributed by atoms with Gasteiger partial charge < -0.3 is 5.32 Å². The molecule has 2 heterocycles. The minimum Gasteiger partial charge on any atom is -0.326 e. The molecule has 1 atom stereocenters. The fourth-order valence-corrected chi connectivity index (χ4v) is 4.19. The van der Waals surface area contributed by atoms with E-state index in [0.717, 1.165) is 40.5 Å². The van der Waals surface area contributed by atoms with Crippen LogP contribution < -0.4 is 10.9 Å². The lowest BCUT2D eigenvalue weighted by atomic mass is 10.1. The van der Waals surface area contributed by atoms with Crippen LogP contribution >= 0.6 is 11.8 Å². The third-order valence-corrected chi connectivity index (χ3v) is 5.43. The van der Waals surface area contributed by atoms with E-state index < -0.39 is 0 Å². The molecule has 1 aromatic heterocycles. The lowest BCUT2D eigenvalue weighted by molar-refractivity contribution is -0.116. The topological polar surface area (TPSA) is 64.0 Å². The number of hydrogen-bond acceptors (Lipinski definition) is 4. The molecule has 0 aliphatic carbocycles. The van der Waals surface area contributed by atoms with Gasteiger partial charge in [-0.2, -0.15) is 0 Å². The maximum atomic E-state index is 12.5. The monoisotopic (exact) mass is 357 g/mol. The molecule has 1 aliphatic rings. The molecule has 6 heteroatoms. The molecular weight excluding hydrogens is 334 g/mol. The second kappa shape index (κ2) is 7.44. The Labute approximate surface area is 151 Å². The van der Waals surface area contributed by atoms with Crippen LogP contribution in [0.2, 0.25) is 0 Å². The molecule has 25 heavy (non-hydrogen) atoms.